The molecule has 1 saturated heterocycles. The third-order valence-electron chi connectivity index (χ3n) is 3.78. The highest BCUT2D eigenvalue weighted by Crippen LogP contribution is 2.29. The standard InChI is InChI=1S/C12H21BrN4.ClH/c1-12(2)8-17(5-4-11(12)14)7-10-9(13)6-15-16(10)3;/h6,11H,4-5,7-8,14H2,1-3H3;1H. The zero-order chi connectivity index (χ0) is 12.6. The molecule has 0 aliphatic carbocycles. The average Bonchev–Trinajstić information content (AvgIpc) is 2.55. The van der Waals surface area contributed by atoms with Crippen LogP contribution in [0.15, 0.2) is 10.7 Å². The Morgan fingerprint density at radius 2 is 2.22 bits per heavy atom. The summed E-state index contributed by atoms with van der Waals surface area (Å²) in [7, 11) is 1.99. The van der Waals surface area contributed by atoms with Gasteiger partial charge in [0.1, 0.15) is 0 Å². The van der Waals surface area contributed by atoms with Crippen LogP contribution >= 0.6 is 28.3 Å². The van der Waals surface area contributed by atoms with Gasteiger partial charge in [-0.2, -0.15) is 5.10 Å². The summed E-state index contributed by atoms with van der Waals surface area (Å²) >= 11 is 3.55. The maximum absolute atomic E-state index is 6.15. The Morgan fingerprint density at radius 3 is 2.72 bits per heavy atom. The molecule has 1 unspecified atom stereocenters. The number of likely N-dealkylation sites (tertiary alicyclic amines) is 1. The molecule has 2 heterocycles. The van der Waals surface area contributed by atoms with Crippen molar-refractivity contribution >= 4 is 28.3 Å². The van der Waals surface area contributed by atoms with Crippen molar-refractivity contribution in [2.75, 3.05) is 13.1 Å². The topological polar surface area (TPSA) is 47.1 Å². The van der Waals surface area contributed by atoms with Crippen LogP contribution in [0.2, 0.25) is 0 Å². The van der Waals surface area contributed by atoms with Gasteiger partial charge in [0.15, 0.2) is 0 Å². The highest BCUT2D eigenvalue weighted by molar-refractivity contribution is 9.10. The van der Waals surface area contributed by atoms with Crippen molar-refractivity contribution in [2.45, 2.75) is 32.9 Å². The number of nitrogens with two attached hydrogens (primary N) is 1. The van der Waals surface area contributed by atoms with E-state index in [1.165, 1.54) is 5.69 Å². The lowest BCUT2D eigenvalue weighted by molar-refractivity contribution is 0.0878. The molecule has 0 saturated carbocycles. The van der Waals surface area contributed by atoms with Crippen LogP contribution in [0.4, 0.5) is 0 Å². The first-order chi connectivity index (χ1) is 7.90. The average molecular weight is 338 g/mol. The molecule has 0 aromatic carbocycles. The summed E-state index contributed by atoms with van der Waals surface area (Å²) in [6.45, 7) is 7.56. The van der Waals surface area contributed by atoms with Gasteiger partial charge in [-0.1, -0.05) is 13.8 Å². The number of rotatable bonds is 2. The van der Waals surface area contributed by atoms with Gasteiger partial charge in [0.25, 0.3) is 0 Å². The van der Waals surface area contributed by atoms with E-state index in [1.54, 1.807) is 0 Å². The minimum atomic E-state index is 0. The molecule has 2 rings (SSSR count). The zero-order valence-corrected chi connectivity index (χ0v) is 13.6. The fourth-order valence-electron chi connectivity index (χ4n) is 2.45. The molecular formula is C12H22BrClN4. The number of aromatic nitrogens is 2. The number of hydrogen-bond acceptors (Lipinski definition) is 3. The monoisotopic (exact) mass is 336 g/mol. The minimum absolute atomic E-state index is 0. The second kappa shape index (κ2) is 5.90. The van der Waals surface area contributed by atoms with Crippen LogP contribution in [0.1, 0.15) is 26.0 Å². The molecule has 1 fully saturated rings. The number of hydrogen-bond donors (Lipinski definition) is 1. The molecule has 1 aromatic heterocycles. The zero-order valence-electron chi connectivity index (χ0n) is 11.2. The first-order valence-corrected chi connectivity index (χ1v) is 6.84. The predicted octanol–water partition coefficient (Wildman–Crippen LogP) is 2.16. The molecule has 1 aliphatic rings. The van der Waals surface area contributed by atoms with E-state index in [0.29, 0.717) is 6.04 Å². The highest BCUT2D eigenvalue weighted by atomic mass is 79.9. The summed E-state index contributed by atoms with van der Waals surface area (Å²) in [5.74, 6) is 0. The molecule has 18 heavy (non-hydrogen) atoms. The molecule has 2 N–H and O–H groups in total. The van der Waals surface area contributed by atoms with E-state index >= 15 is 0 Å². The van der Waals surface area contributed by atoms with Gasteiger partial charge in [0.05, 0.1) is 16.4 Å². The second-order valence-corrected chi connectivity index (χ2v) is 6.51. The molecule has 1 aliphatic heterocycles. The van der Waals surface area contributed by atoms with Crippen molar-refractivity contribution in [1.82, 2.24) is 14.7 Å². The molecule has 1 atom stereocenters. The lowest BCUT2D eigenvalue weighted by atomic mass is 9.80. The Balaban J connectivity index is 0.00000162. The van der Waals surface area contributed by atoms with Gasteiger partial charge in [-0.3, -0.25) is 9.58 Å². The lowest BCUT2D eigenvalue weighted by Crippen LogP contribution is -2.52. The number of nitrogens with zero attached hydrogens (tertiary/aromatic N) is 3. The summed E-state index contributed by atoms with van der Waals surface area (Å²) in [6.07, 6.45) is 2.93. The van der Waals surface area contributed by atoms with E-state index in [4.69, 9.17) is 5.73 Å². The Labute approximate surface area is 123 Å². The van der Waals surface area contributed by atoms with Gasteiger partial charge >= 0.3 is 0 Å². The maximum atomic E-state index is 6.15. The van der Waals surface area contributed by atoms with Crippen molar-refractivity contribution in [3.63, 3.8) is 0 Å². The molecule has 1 aromatic rings. The van der Waals surface area contributed by atoms with Crippen molar-refractivity contribution in [2.24, 2.45) is 18.2 Å². The highest BCUT2D eigenvalue weighted by Gasteiger charge is 2.33. The Morgan fingerprint density at radius 1 is 1.56 bits per heavy atom. The van der Waals surface area contributed by atoms with E-state index in [2.05, 4.69) is 39.8 Å². The summed E-state index contributed by atoms with van der Waals surface area (Å²) in [6, 6.07) is 0.314. The van der Waals surface area contributed by atoms with Crippen molar-refractivity contribution < 1.29 is 0 Å². The third-order valence-corrected chi connectivity index (χ3v) is 4.44. The SMILES string of the molecule is Cl.Cn1ncc(Br)c1CN1CCC(N)C(C)(C)C1. The van der Waals surface area contributed by atoms with Gasteiger partial charge in [0.2, 0.25) is 0 Å². The van der Waals surface area contributed by atoms with Crippen LogP contribution in [0, 0.1) is 5.41 Å². The minimum Gasteiger partial charge on any atom is -0.327 e. The van der Waals surface area contributed by atoms with Crippen molar-refractivity contribution in [1.29, 1.82) is 0 Å². The van der Waals surface area contributed by atoms with E-state index < -0.39 is 0 Å². The Bertz CT molecular complexity index is 385. The van der Waals surface area contributed by atoms with Gasteiger partial charge in [0, 0.05) is 32.7 Å². The van der Waals surface area contributed by atoms with E-state index in [-0.39, 0.29) is 17.8 Å². The molecule has 0 amide bonds. The van der Waals surface area contributed by atoms with Gasteiger partial charge < -0.3 is 5.73 Å². The smallest absolute Gasteiger partial charge is 0.0663 e. The fourth-order valence-corrected chi connectivity index (χ4v) is 2.92. The third kappa shape index (κ3) is 3.26. The molecule has 104 valence electrons. The van der Waals surface area contributed by atoms with Gasteiger partial charge in [-0.15, -0.1) is 12.4 Å². The largest absolute Gasteiger partial charge is 0.327 e. The summed E-state index contributed by atoms with van der Waals surface area (Å²) in [5.41, 5.74) is 7.58. The Kier molecular flexibility index (Phi) is 5.23. The number of piperidine rings is 1. The quantitative estimate of drug-likeness (QED) is 0.899. The van der Waals surface area contributed by atoms with Crippen molar-refractivity contribution in [3.8, 4) is 0 Å². The normalized spacial score (nSPS) is 23.7. The molecule has 4 nitrogen and oxygen atoms in total. The van der Waals surface area contributed by atoms with E-state index in [1.807, 2.05) is 17.9 Å². The van der Waals surface area contributed by atoms with Crippen LogP contribution in [0.3, 0.4) is 0 Å². The molecule has 6 heteroatoms. The first kappa shape index (κ1) is 16.0. The van der Waals surface area contributed by atoms with Crippen LogP contribution in [0.5, 0.6) is 0 Å². The second-order valence-electron chi connectivity index (χ2n) is 5.66. The number of halogens is 2. The van der Waals surface area contributed by atoms with Crippen LogP contribution < -0.4 is 5.73 Å². The summed E-state index contributed by atoms with van der Waals surface area (Å²) in [5, 5.41) is 4.25. The molecule has 0 bridgehead atoms. The van der Waals surface area contributed by atoms with Gasteiger partial charge in [-0.25, -0.2) is 0 Å². The lowest BCUT2D eigenvalue weighted by Gasteiger charge is -2.42. The van der Waals surface area contributed by atoms with E-state index in [0.717, 1.165) is 30.5 Å². The molecular weight excluding hydrogens is 316 g/mol. The molecule has 0 radical (unpaired) electrons. The van der Waals surface area contributed by atoms with E-state index in [9.17, 15) is 0 Å². The van der Waals surface area contributed by atoms with Gasteiger partial charge in [-0.05, 0) is 27.8 Å². The van der Waals surface area contributed by atoms with Crippen LogP contribution in [-0.2, 0) is 13.6 Å². The summed E-state index contributed by atoms with van der Waals surface area (Å²) < 4.78 is 3.03. The van der Waals surface area contributed by atoms with Crippen molar-refractivity contribution in [3.05, 3.63) is 16.4 Å². The van der Waals surface area contributed by atoms with Crippen LogP contribution in [0.25, 0.3) is 0 Å². The predicted molar refractivity (Wildman–Crippen MR) is 79.8 cm³/mol. The molecule has 0 spiro atoms. The fraction of sp³-hybridized carbons (Fsp3) is 0.750. The first-order valence-electron chi connectivity index (χ1n) is 6.04. The number of aryl methyl sites for hydroxylation is 1. The summed E-state index contributed by atoms with van der Waals surface area (Å²) in [4.78, 5) is 2.46. The van der Waals surface area contributed by atoms with Crippen LogP contribution in [-0.4, -0.2) is 33.8 Å². The maximum Gasteiger partial charge on any atom is 0.0663 e. The Hall–Kier alpha value is -0.100.